The lowest BCUT2D eigenvalue weighted by Gasteiger charge is -2.33. The van der Waals surface area contributed by atoms with Crippen LogP contribution in [0, 0.1) is 0 Å². The molecule has 1 amide bonds. The minimum absolute atomic E-state index is 0.120. The number of aromatic amines is 1. The van der Waals surface area contributed by atoms with Crippen LogP contribution in [0.25, 0.3) is 11.0 Å². The molecule has 1 aliphatic rings. The number of H-pyrrole nitrogens is 1. The first-order chi connectivity index (χ1) is 13.3. The largest absolute Gasteiger partial charge is 0.375 e. The molecule has 0 radical (unpaired) electrons. The number of fused-ring (bicyclic) bond motifs is 1. The average Bonchev–Trinajstić information content (AvgIpc) is 3.14. The lowest BCUT2D eigenvalue weighted by atomic mass is 10.1. The summed E-state index contributed by atoms with van der Waals surface area (Å²) < 4.78 is 5.87. The summed E-state index contributed by atoms with van der Waals surface area (Å²) in [7, 11) is 0. The molecule has 1 N–H and O–H groups in total. The molecule has 1 aliphatic heterocycles. The number of para-hydroxylation sites is 2. The molecule has 0 spiro atoms. The van der Waals surface area contributed by atoms with Gasteiger partial charge in [-0.25, -0.2) is 4.98 Å². The number of benzene rings is 2. The minimum Gasteiger partial charge on any atom is -0.375 e. The third-order valence-corrected chi connectivity index (χ3v) is 5.10. The molecule has 27 heavy (non-hydrogen) atoms. The molecule has 0 unspecified atom stereocenters. The standard InChI is InChI=1S/C22H25N3O2/c26-22(13-12-21-23-19-8-4-5-9-20(19)24-21)25-14-15-27-18(16-25)11-10-17-6-2-1-3-7-17/h1-9,18H,10-16H2,(H,23,24)/t18-/m0/s1. The highest BCUT2D eigenvalue weighted by molar-refractivity contribution is 5.77. The molecule has 0 aliphatic carbocycles. The summed E-state index contributed by atoms with van der Waals surface area (Å²) >= 11 is 0. The van der Waals surface area contributed by atoms with E-state index < -0.39 is 0 Å². The number of hydrogen-bond donors (Lipinski definition) is 1. The Morgan fingerprint density at radius 1 is 1.11 bits per heavy atom. The van der Waals surface area contributed by atoms with E-state index in [-0.39, 0.29) is 12.0 Å². The number of ether oxygens (including phenoxy) is 1. The van der Waals surface area contributed by atoms with Crippen LogP contribution >= 0.6 is 0 Å². The smallest absolute Gasteiger partial charge is 0.223 e. The first-order valence-corrected chi connectivity index (χ1v) is 9.65. The zero-order valence-corrected chi connectivity index (χ0v) is 15.4. The van der Waals surface area contributed by atoms with E-state index in [1.54, 1.807) is 0 Å². The van der Waals surface area contributed by atoms with Crippen molar-refractivity contribution in [1.29, 1.82) is 0 Å². The SMILES string of the molecule is O=C(CCc1nc2ccccc2[nH]1)N1CCO[C@@H](CCc2ccccc2)C1. The van der Waals surface area contributed by atoms with Gasteiger partial charge in [0.2, 0.25) is 5.91 Å². The van der Waals surface area contributed by atoms with Gasteiger partial charge >= 0.3 is 0 Å². The Morgan fingerprint density at radius 2 is 1.93 bits per heavy atom. The van der Waals surface area contributed by atoms with E-state index >= 15 is 0 Å². The first kappa shape index (κ1) is 17.7. The fourth-order valence-corrected chi connectivity index (χ4v) is 3.60. The third kappa shape index (κ3) is 4.55. The Bertz CT molecular complexity index is 858. The molecular weight excluding hydrogens is 338 g/mol. The highest BCUT2D eigenvalue weighted by atomic mass is 16.5. The normalized spacial score (nSPS) is 17.3. The predicted octanol–water partition coefficient (Wildman–Crippen LogP) is 3.36. The van der Waals surface area contributed by atoms with E-state index in [1.807, 2.05) is 35.2 Å². The molecule has 2 heterocycles. The Morgan fingerprint density at radius 3 is 2.78 bits per heavy atom. The van der Waals surface area contributed by atoms with Gasteiger partial charge in [0.05, 0.1) is 23.7 Å². The van der Waals surface area contributed by atoms with Crippen LogP contribution in [0.5, 0.6) is 0 Å². The zero-order valence-electron chi connectivity index (χ0n) is 15.4. The van der Waals surface area contributed by atoms with Crippen molar-refractivity contribution in [2.45, 2.75) is 31.8 Å². The van der Waals surface area contributed by atoms with Crippen molar-refractivity contribution in [2.24, 2.45) is 0 Å². The van der Waals surface area contributed by atoms with Crippen LogP contribution in [-0.4, -0.2) is 46.6 Å². The second-order valence-electron chi connectivity index (χ2n) is 7.06. The summed E-state index contributed by atoms with van der Waals surface area (Å²) in [6, 6.07) is 18.4. The molecule has 4 rings (SSSR count). The van der Waals surface area contributed by atoms with Crippen LogP contribution in [-0.2, 0) is 22.4 Å². The number of rotatable bonds is 6. The maximum absolute atomic E-state index is 12.6. The van der Waals surface area contributed by atoms with Gasteiger partial charge in [0.1, 0.15) is 5.82 Å². The summed E-state index contributed by atoms with van der Waals surface area (Å²) in [5, 5.41) is 0. The van der Waals surface area contributed by atoms with Gasteiger partial charge in [-0.05, 0) is 30.5 Å². The fourth-order valence-electron chi connectivity index (χ4n) is 3.60. The van der Waals surface area contributed by atoms with Crippen molar-refractivity contribution in [2.75, 3.05) is 19.7 Å². The molecule has 0 saturated carbocycles. The topological polar surface area (TPSA) is 58.2 Å². The summed E-state index contributed by atoms with van der Waals surface area (Å²) in [5.74, 6) is 1.06. The van der Waals surface area contributed by atoms with Gasteiger partial charge < -0.3 is 14.6 Å². The van der Waals surface area contributed by atoms with Gasteiger partial charge in [0, 0.05) is 25.9 Å². The molecule has 1 saturated heterocycles. The molecule has 0 bridgehead atoms. The fraction of sp³-hybridized carbons (Fsp3) is 0.364. The van der Waals surface area contributed by atoms with Gasteiger partial charge in [-0.15, -0.1) is 0 Å². The van der Waals surface area contributed by atoms with E-state index in [1.165, 1.54) is 5.56 Å². The van der Waals surface area contributed by atoms with Crippen molar-refractivity contribution in [3.63, 3.8) is 0 Å². The van der Waals surface area contributed by atoms with E-state index in [0.717, 1.165) is 29.7 Å². The minimum atomic E-state index is 0.120. The number of imidazole rings is 1. The van der Waals surface area contributed by atoms with Crippen LogP contribution in [0.15, 0.2) is 54.6 Å². The second kappa shape index (κ2) is 8.35. The van der Waals surface area contributed by atoms with E-state index in [4.69, 9.17) is 4.74 Å². The quantitative estimate of drug-likeness (QED) is 0.731. The Labute approximate surface area is 159 Å². The molecule has 5 nitrogen and oxygen atoms in total. The predicted molar refractivity (Wildman–Crippen MR) is 105 cm³/mol. The Balaban J connectivity index is 1.27. The number of hydrogen-bond acceptors (Lipinski definition) is 3. The van der Waals surface area contributed by atoms with Crippen molar-refractivity contribution in [3.8, 4) is 0 Å². The molecule has 140 valence electrons. The number of carbonyl (C=O) groups excluding carboxylic acids is 1. The van der Waals surface area contributed by atoms with E-state index in [0.29, 0.717) is 32.5 Å². The van der Waals surface area contributed by atoms with Crippen LogP contribution in [0.2, 0.25) is 0 Å². The van der Waals surface area contributed by atoms with E-state index in [2.05, 4.69) is 34.2 Å². The molecule has 3 aromatic rings. The molecule has 1 aromatic heterocycles. The van der Waals surface area contributed by atoms with Gasteiger partial charge in [0.15, 0.2) is 0 Å². The Kier molecular flexibility index (Phi) is 5.49. The van der Waals surface area contributed by atoms with Crippen LogP contribution in [0.4, 0.5) is 0 Å². The van der Waals surface area contributed by atoms with Gasteiger partial charge in [-0.1, -0.05) is 42.5 Å². The van der Waals surface area contributed by atoms with E-state index in [9.17, 15) is 4.79 Å². The molecule has 2 aromatic carbocycles. The number of carbonyl (C=O) groups is 1. The zero-order chi connectivity index (χ0) is 18.5. The lowest BCUT2D eigenvalue weighted by Crippen LogP contribution is -2.45. The second-order valence-corrected chi connectivity index (χ2v) is 7.06. The van der Waals surface area contributed by atoms with Crippen molar-refractivity contribution < 1.29 is 9.53 Å². The lowest BCUT2D eigenvalue weighted by molar-refractivity contribution is -0.138. The highest BCUT2D eigenvalue weighted by Gasteiger charge is 2.24. The molecule has 5 heteroatoms. The summed E-state index contributed by atoms with van der Waals surface area (Å²) in [5.41, 5.74) is 3.29. The molecule has 1 atom stereocenters. The van der Waals surface area contributed by atoms with Gasteiger partial charge in [-0.3, -0.25) is 4.79 Å². The van der Waals surface area contributed by atoms with Crippen LogP contribution in [0.3, 0.4) is 0 Å². The number of nitrogens with zero attached hydrogens (tertiary/aromatic N) is 2. The summed E-state index contributed by atoms with van der Waals surface area (Å²) in [4.78, 5) is 22.4. The number of nitrogens with one attached hydrogen (secondary N) is 1. The average molecular weight is 363 g/mol. The first-order valence-electron chi connectivity index (χ1n) is 9.65. The van der Waals surface area contributed by atoms with Gasteiger partial charge in [-0.2, -0.15) is 0 Å². The monoisotopic (exact) mass is 363 g/mol. The number of morpholine rings is 1. The van der Waals surface area contributed by atoms with Gasteiger partial charge in [0.25, 0.3) is 0 Å². The van der Waals surface area contributed by atoms with Crippen molar-refractivity contribution in [1.82, 2.24) is 14.9 Å². The summed E-state index contributed by atoms with van der Waals surface area (Å²) in [6.07, 6.45) is 3.16. The summed E-state index contributed by atoms with van der Waals surface area (Å²) in [6.45, 7) is 1.99. The van der Waals surface area contributed by atoms with Crippen LogP contribution in [0.1, 0.15) is 24.2 Å². The molecule has 1 fully saturated rings. The number of aryl methyl sites for hydroxylation is 2. The maximum atomic E-state index is 12.6. The third-order valence-electron chi connectivity index (χ3n) is 5.10. The number of amides is 1. The highest BCUT2D eigenvalue weighted by Crippen LogP contribution is 2.15. The Hall–Kier alpha value is -2.66. The number of aromatic nitrogens is 2. The molecular formula is C22H25N3O2. The maximum Gasteiger partial charge on any atom is 0.223 e. The van der Waals surface area contributed by atoms with Crippen molar-refractivity contribution >= 4 is 16.9 Å². The van der Waals surface area contributed by atoms with Crippen molar-refractivity contribution in [3.05, 3.63) is 66.0 Å². The van der Waals surface area contributed by atoms with Crippen LogP contribution < -0.4 is 0 Å².